The average Bonchev–Trinajstić information content (AvgIpc) is 2.40. The third-order valence-electron chi connectivity index (χ3n) is 4.07. The van der Waals surface area contributed by atoms with Gasteiger partial charge < -0.3 is 5.73 Å². The fourth-order valence-electron chi connectivity index (χ4n) is 2.87. The Bertz CT molecular complexity index is 725. The van der Waals surface area contributed by atoms with E-state index in [0.717, 1.165) is 17.4 Å². The van der Waals surface area contributed by atoms with E-state index in [2.05, 4.69) is 0 Å². The van der Waals surface area contributed by atoms with Gasteiger partial charge in [-0.3, -0.25) is 0 Å². The van der Waals surface area contributed by atoms with Crippen LogP contribution < -0.4 is 5.73 Å². The van der Waals surface area contributed by atoms with Gasteiger partial charge >= 0.3 is 0 Å². The van der Waals surface area contributed by atoms with Crippen molar-refractivity contribution in [3.63, 3.8) is 0 Å². The molecule has 1 aliphatic carbocycles. The zero-order chi connectivity index (χ0) is 15.8. The third-order valence-corrected chi connectivity index (χ3v) is 7.46. The normalized spacial score (nSPS) is 26.3. The lowest BCUT2D eigenvalue weighted by molar-refractivity contribution is 0.488. The average molecular weight is 331 g/mol. The van der Waals surface area contributed by atoms with E-state index in [0.29, 0.717) is 6.42 Å². The van der Waals surface area contributed by atoms with E-state index < -0.39 is 31.0 Å². The molecule has 2 rings (SSSR count). The summed E-state index contributed by atoms with van der Waals surface area (Å²) in [6.07, 6.45) is 1.48. The van der Waals surface area contributed by atoms with Crippen LogP contribution in [0.15, 0.2) is 24.3 Å². The molecular weight excluding hydrogens is 310 g/mol. The number of hydrogen-bond acceptors (Lipinski definition) is 5. The summed E-state index contributed by atoms with van der Waals surface area (Å²) in [6, 6.07) is 6.99. The number of sulfone groups is 2. The maximum absolute atomic E-state index is 12.5. The summed E-state index contributed by atoms with van der Waals surface area (Å²) in [6.45, 7) is 1.98. The number of fused-ring (bicyclic) bond motifs is 1. The third kappa shape index (κ3) is 3.64. The minimum absolute atomic E-state index is 0.0963. The molecule has 0 saturated heterocycles. The van der Waals surface area contributed by atoms with Gasteiger partial charge in [0.1, 0.15) is 9.84 Å². The van der Waals surface area contributed by atoms with Gasteiger partial charge in [-0.05, 0) is 23.5 Å². The lowest BCUT2D eigenvalue weighted by Gasteiger charge is -2.34. The minimum Gasteiger partial charge on any atom is -0.323 e. The van der Waals surface area contributed by atoms with Gasteiger partial charge in [0.05, 0.1) is 16.8 Å². The van der Waals surface area contributed by atoms with E-state index in [1.165, 1.54) is 0 Å². The van der Waals surface area contributed by atoms with Crippen LogP contribution in [-0.2, 0) is 19.7 Å². The van der Waals surface area contributed by atoms with Crippen LogP contribution >= 0.6 is 0 Å². The lowest BCUT2D eigenvalue weighted by atomic mass is 9.81. The van der Waals surface area contributed by atoms with Crippen LogP contribution in [0, 0.1) is 0 Å². The molecule has 3 unspecified atom stereocenters. The van der Waals surface area contributed by atoms with Crippen molar-refractivity contribution in [1.29, 1.82) is 0 Å². The second kappa shape index (κ2) is 5.70. The highest BCUT2D eigenvalue weighted by atomic mass is 32.2. The molecule has 0 saturated carbocycles. The molecule has 2 N–H and O–H groups in total. The predicted octanol–water partition coefficient (Wildman–Crippen LogP) is 1.02. The minimum atomic E-state index is -3.55. The van der Waals surface area contributed by atoms with Crippen molar-refractivity contribution >= 4 is 19.7 Å². The largest absolute Gasteiger partial charge is 0.323 e. The van der Waals surface area contributed by atoms with Crippen molar-refractivity contribution in [2.75, 3.05) is 17.8 Å². The maximum atomic E-state index is 12.5. The molecule has 1 aromatic rings. The smallest absolute Gasteiger partial charge is 0.156 e. The highest BCUT2D eigenvalue weighted by molar-refractivity contribution is 7.95. The summed E-state index contributed by atoms with van der Waals surface area (Å²) in [5.74, 6) is -0.618. The molecule has 0 radical (unpaired) electrons. The van der Waals surface area contributed by atoms with Gasteiger partial charge in [-0.2, -0.15) is 0 Å². The molecule has 5 nitrogen and oxygen atoms in total. The first-order valence-electron chi connectivity index (χ1n) is 6.85. The predicted molar refractivity (Wildman–Crippen MR) is 83.7 cm³/mol. The van der Waals surface area contributed by atoms with Crippen LogP contribution in [0.3, 0.4) is 0 Å². The topological polar surface area (TPSA) is 94.3 Å². The maximum Gasteiger partial charge on any atom is 0.156 e. The highest BCUT2D eigenvalue weighted by Gasteiger charge is 2.38. The number of hydrogen-bond donors (Lipinski definition) is 1. The van der Waals surface area contributed by atoms with Crippen molar-refractivity contribution in [2.45, 2.75) is 30.6 Å². The standard InChI is InChI=1S/C14H21NO4S2/c1-10-9-13(21(18,19)8-7-20(2,16)17)14(15)12-6-4-3-5-11(10)12/h3-6,10,13-14H,7-9,15H2,1-2H3. The zero-order valence-corrected chi connectivity index (χ0v) is 13.8. The van der Waals surface area contributed by atoms with Crippen molar-refractivity contribution < 1.29 is 16.8 Å². The molecule has 0 aliphatic heterocycles. The van der Waals surface area contributed by atoms with Gasteiger partial charge in [-0.1, -0.05) is 31.2 Å². The Morgan fingerprint density at radius 3 is 2.24 bits per heavy atom. The van der Waals surface area contributed by atoms with Gasteiger partial charge in [-0.15, -0.1) is 0 Å². The fraction of sp³-hybridized carbons (Fsp3) is 0.571. The van der Waals surface area contributed by atoms with E-state index in [9.17, 15) is 16.8 Å². The second-order valence-electron chi connectivity index (χ2n) is 5.83. The monoisotopic (exact) mass is 331 g/mol. The van der Waals surface area contributed by atoms with E-state index in [1.54, 1.807) is 0 Å². The zero-order valence-electron chi connectivity index (χ0n) is 12.2. The number of benzene rings is 1. The van der Waals surface area contributed by atoms with Crippen molar-refractivity contribution in [3.8, 4) is 0 Å². The molecule has 21 heavy (non-hydrogen) atoms. The van der Waals surface area contributed by atoms with E-state index >= 15 is 0 Å². The Hall–Kier alpha value is -0.920. The molecule has 118 valence electrons. The van der Waals surface area contributed by atoms with E-state index in [-0.39, 0.29) is 17.4 Å². The molecule has 0 fully saturated rings. The molecule has 3 atom stereocenters. The van der Waals surface area contributed by atoms with Crippen molar-refractivity contribution in [3.05, 3.63) is 35.4 Å². The van der Waals surface area contributed by atoms with Crippen LogP contribution in [0.1, 0.15) is 36.4 Å². The van der Waals surface area contributed by atoms with Crippen molar-refractivity contribution in [2.24, 2.45) is 5.73 Å². The van der Waals surface area contributed by atoms with Crippen LogP contribution in [0.5, 0.6) is 0 Å². The SMILES string of the molecule is CC1CC(S(=O)(=O)CCS(C)(=O)=O)C(N)c2ccccc21. The fourth-order valence-corrected chi connectivity index (χ4v) is 6.49. The van der Waals surface area contributed by atoms with Gasteiger partial charge in [0.15, 0.2) is 9.84 Å². The van der Waals surface area contributed by atoms with Crippen LogP contribution in [0.25, 0.3) is 0 Å². The first kappa shape index (κ1) is 16.5. The van der Waals surface area contributed by atoms with Gasteiger partial charge in [0.2, 0.25) is 0 Å². The Labute approximate surface area is 126 Å². The molecule has 1 aromatic carbocycles. The molecule has 0 heterocycles. The first-order chi connectivity index (χ1) is 9.62. The van der Waals surface area contributed by atoms with Gasteiger partial charge in [0.25, 0.3) is 0 Å². The number of rotatable bonds is 4. The summed E-state index contributed by atoms with van der Waals surface area (Å²) in [5, 5.41) is -0.718. The van der Waals surface area contributed by atoms with Crippen LogP contribution in [0.4, 0.5) is 0 Å². The summed E-state index contributed by atoms with van der Waals surface area (Å²) < 4.78 is 47.3. The quantitative estimate of drug-likeness (QED) is 0.889. The van der Waals surface area contributed by atoms with Crippen LogP contribution in [0.2, 0.25) is 0 Å². The highest BCUT2D eigenvalue weighted by Crippen LogP contribution is 2.39. The first-order valence-corrected chi connectivity index (χ1v) is 10.6. The Balaban J connectivity index is 2.30. The van der Waals surface area contributed by atoms with Crippen molar-refractivity contribution in [1.82, 2.24) is 0 Å². The summed E-state index contributed by atoms with van der Waals surface area (Å²) in [7, 11) is -6.85. The molecule has 1 aliphatic rings. The van der Waals surface area contributed by atoms with E-state index in [4.69, 9.17) is 5.73 Å². The molecule has 0 bridgehead atoms. The summed E-state index contributed by atoms with van der Waals surface area (Å²) >= 11 is 0. The van der Waals surface area contributed by atoms with Crippen LogP contribution in [-0.4, -0.2) is 39.8 Å². The summed E-state index contributed by atoms with van der Waals surface area (Å²) in [4.78, 5) is 0. The van der Waals surface area contributed by atoms with Gasteiger partial charge in [0, 0.05) is 12.3 Å². The lowest BCUT2D eigenvalue weighted by Crippen LogP contribution is -2.40. The van der Waals surface area contributed by atoms with Gasteiger partial charge in [-0.25, -0.2) is 16.8 Å². The molecule has 0 aromatic heterocycles. The number of nitrogens with two attached hydrogens (primary N) is 1. The second-order valence-corrected chi connectivity index (χ2v) is 10.4. The van der Waals surface area contributed by atoms with E-state index in [1.807, 2.05) is 31.2 Å². The molecule has 7 heteroatoms. The molecule has 0 spiro atoms. The Kier molecular flexibility index (Phi) is 4.46. The molecule has 0 amide bonds. The molecular formula is C14H21NO4S2. The Morgan fingerprint density at radius 2 is 1.67 bits per heavy atom. The Morgan fingerprint density at radius 1 is 1.10 bits per heavy atom. The summed E-state index contributed by atoms with van der Waals surface area (Å²) in [5.41, 5.74) is 8.08.